The lowest BCUT2D eigenvalue weighted by Gasteiger charge is -2.25. The Morgan fingerprint density at radius 2 is 1.76 bits per heavy atom. The Kier molecular flexibility index (Phi) is 5.38. The predicted molar refractivity (Wildman–Crippen MR) is 102 cm³/mol. The number of thioether (sulfide) groups is 1. The number of nitrogens with one attached hydrogen (secondary N) is 1. The van der Waals surface area contributed by atoms with Gasteiger partial charge in [0.1, 0.15) is 16.9 Å². The monoisotopic (exact) mass is 358 g/mol. The van der Waals surface area contributed by atoms with Crippen molar-refractivity contribution in [1.29, 1.82) is 0 Å². The van der Waals surface area contributed by atoms with Crippen molar-refractivity contribution >= 4 is 23.5 Å². The third-order valence-corrected chi connectivity index (χ3v) is 5.37. The number of urea groups is 1. The van der Waals surface area contributed by atoms with Gasteiger partial charge in [0.15, 0.2) is 0 Å². The number of aryl methyl sites for hydroxylation is 1. The zero-order valence-electron chi connectivity index (χ0n) is 14.6. The summed E-state index contributed by atoms with van der Waals surface area (Å²) in [5.74, 6) is 2.34. The molecule has 0 saturated carbocycles. The molecule has 2 aromatic rings. The van der Waals surface area contributed by atoms with Crippen LogP contribution in [0.4, 0.5) is 10.5 Å². The van der Waals surface area contributed by atoms with Gasteiger partial charge in [-0.1, -0.05) is 17.7 Å². The Balaban J connectivity index is 1.80. The minimum Gasteiger partial charge on any atom is -0.497 e. The maximum Gasteiger partial charge on any atom is 0.323 e. The van der Waals surface area contributed by atoms with Crippen LogP contribution in [0.3, 0.4) is 0 Å². The maximum atomic E-state index is 12.7. The third kappa shape index (κ3) is 4.02. The highest BCUT2D eigenvalue weighted by Crippen LogP contribution is 2.40. The molecule has 25 heavy (non-hydrogen) atoms. The van der Waals surface area contributed by atoms with E-state index in [1.165, 1.54) is 0 Å². The summed E-state index contributed by atoms with van der Waals surface area (Å²) in [6, 6.07) is 13.5. The van der Waals surface area contributed by atoms with Gasteiger partial charge in [0.2, 0.25) is 0 Å². The van der Waals surface area contributed by atoms with E-state index in [0.29, 0.717) is 6.54 Å². The quantitative estimate of drug-likeness (QED) is 0.886. The second kappa shape index (κ2) is 7.70. The molecule has 1 heterocycles. The Morgan fingerprint density at radius 3 is 2.36 bits per heavy atom. The van der Waals surface area contributed by atoms with Gasteiger partial charge >= 0.3 is 6.03 Å². The van der Waals surface area contributed by atoms with Crippen molar-refractivity contribution in [1.82, 2.24) is 4.90 Å². The second-order valence-corrected chi connectivity index (χ2v) is 7.05. The highest BCUT2D eigenvalue weighted by molar-refractivity contribution is 7.99. The molecule has 3 rings (SSSR count). The van der Waals surface area contributed by atoms with Gasteiger partial charge in [-0.25, -0.2) is 4.79 Å². The number of carbonyl (C=O) groups excluding carboxylic acids is 1. The lowest BCUT2D eigenvalue weighted by molar-refractivity contribution is 0.214. The Bertz CT molecular complexity index is 727. The van der Waals surface area contributed by atoms with Crippen molar-refractivity contribution in [3.05, 3.63) is 53.6 Å². The minimum absolute atomic E-state index is 0.0607. The molecule has 0 aliphatic carbocycles. The SMILES string of the molecule is COc1cc(OC)cc(C2SCCN2C(=O)Nc2ccc(C)cc2)c1. The van der Waals surface area contributed by atoms with Crippen molar-refractivity contribution in [2.24, 2.45) is 0 Å². The number of rotatable bonds is 4. The number of benzene rings is 2. The largest absolute Gasteiger partial charge is 0.497 e. The van der Waals surface area contributed by atoms with E-state index in [9.17, 15) is 4.79 Å². The van der Waals surface area contributed by atoms with Gasteiger partial charge in [-0.05, 0) is 36.8 Å². The Labute approximate surface area is 152 Å². The van der Waals surface area contributed by atoms with E-state index in [2.05, 4.69) is 5.32 Å². The van der Waals surface area contributed by atoms with Gasteiger partial charge in [0.05, 0.1) is 14.2 Å². The van der Waals surface area contributed by atoms with Crippen LogP contribution < -0.4 is 14.8 Å². The van der Waals surface area contributed by atoms with Gasteiger partial charge < -0.3 is 19.7 Å². The summed E-state index contributed by atoms with van der Waals surface area (Å²) in [5, 5.41) is 2.92. The van der Waals surface area contributed by atoms with E-state index < -0.39 is 0 Å². The standard InChI is InChI=1S/C19H22N2O3S/c1-13-4-6-15(7-5-13)20-19(22)21-8-9-25-18(21)14-10-16(23-2)12-17(11-14)24-3/h4-7,10-12,18H,8-9H2,1-3H3,(H,20,22). The lowest BCUT2D eigenvalue weighted by Crippen LogP contribution is -2.34. The van der Waals surface area contributed by atoms with Crippen LogP contribution in [0.15, 0.2) is 42.5 Å². The minimum atomic E-state index is -0.0966. The number of carbonyl (C=O) groups is 1. The molecule has 1 aliphatic heterocycles. The highest BCUT2D eigenvalue weighted by atomic mass is 32.2. The van der Waals surface area contributed by atoms with E-state index in [0.717, 1.165) is 34.1 Å². The summed E-state index contributed by atoms with van der Waals surface area (Å²) in [6.07, 6.45) is 0. The molecule has 1 N–H and O–H groups in total. The third-order valence-electron chi connectivity index (χ3n) is 4.11. The van der Waals surface area contributed by atoms with Crippen LogP contribution >= 0.6 is 11.8 Å². The van der Waals surface area contributed by atoms with Crippen LogP contribution in [0.5, 0.6) is 11.5 Å². The van der Waals surface area contributed by atoms with E-state index in [1.807, 2.05) is 54.3 Å². The first-order valence-corrected chi connectivity index (χ1v) is 9.14. The summed E-state index contributed by atoms with van der Waals surface area (Å²) in [7, 11) is 3.25. The zero-order valence-corrected chi connectivity index (χ0v) is 15.4. The normalized spacial score (nSPS) is 16.6. The summed E-state index contributed by atoms with van der Waals surface area (Å²) in [6.45, 7) is 2.72. The smallest absolute Gasteiger partial charge is 0.323 e. The first kappa shape index (κ1) is 17.5. The Hall–Kier alpha value is -2.34. The van der Waals surface area contributed by atoms with Gasteiger partial charge in [0.25, 0.3) is 0 Å². The average Bonchev–Trinajstić information content (AvgIpc) is 3.13. The second-order valence-electron chi connectivity index (χ2n) is 5.86. The molecule has 2 amide bonds. The van der Waals surface area contributed by atoms with E-state index >= 15 is 0 Å². The van der Waals surface area contributed by atoms with Crippen LogP contribution in [-0.4, -0.2) is 37.4 Å². The molecule has 0 aromatic heterocycles. The molecule has 0 radical (unpaired) electrons. The number of hydrogen-bond donors (Lipinski definition) is 1. The van der Waals surface area contributed by atoms with Crippen LogP contribution in [0.25, 0.3) is 0 Å². The topological polar surface area (TPSA) is 50.8 Å². The van der Waals surface area contributed by atoms with Crippen LogP contribution in [0, 0.1) is 6.92 Å². The fraction of sp³-hybridized carbons (Fsp3) is 0.316. The van der Waals surface area contributed by atoms with E-state index in [-0.39, 0.29) is 11.4 Å². The molecule has 1 saturated heterocycles. The summed E-state index contributed by atoms with van der Waals surface area (Å²) >= 11 is 1.74. The number of methoxy groups -OCH3 is 2. The first-order valence-electron chi connectivity index (χ1n) is 8.09. The molecule has 5 nitrogen and oxygen atoms in total. The molecule has 1 aliphatic rings. The van der Waals surface area contributed by atoms with Gasteiger partial charge in [-0.3, -0.25) is 0 Å². The number of nitrogens with zero attached hydrogens (tertiary/aromatic N) is 1. The Morgan fingerprint density at radius 1 is 1.12 bits per heavy atom. The molecule has 0 spiro atoms. The molecule has 132 valence electrons. The van der Waals surface area contributed by atoms with Crippen molar-refractivity contribution in [3.8, 4) is 11.5 Å². The van der Waals surface area contributed by atoms with Gasteiger partial charge in [-0.2, -0.15) is 0 Å². The molecule has 0 bridgehead atoms. The summed E-state index contributed by atoms with van der Waals surface area (Å²) in [4.78, 5) is 14.6. The fourth-order valence-electron chi connectivity index (χ4n) is 2.76. The number of anilines is 1. The summed E-state index contributed by atoms with van der Waals surface area (Å²) < 4.78 is 10.7. The molecule has 2 aromatic carbocycles. The van der Waals surface area contributed by atoms with Gasteiger partial charge in [-0.15, -0.1) is 11.8 Å². The number of hydrogen-bond acceptors (Lipinski definition) is 4. The van der Waals surface area contributed by atoms with Crippen LogP contribution in [0.2, 0.25) is 0 Å². The zero-order chi connectivity index (χ0) is 17.8. The van der Waals surface area contributed by atoms with Gasteiger partial charge in [0, 0.05) is 24.1 Å². The molecule has 1 atom stereocenters. The van der Waals surface area contributed by atoms with E-state index in [4.69, 9.17) is 9.47 Å². The predicted octanol–water partition coefficient (Wildman–Crippen LogP) is 4.29. The maximum absolute atomic E-state index is 12.7. The summed E-state index contributed by atoms with van der Waals surface area (Å²) in [5.41, 5.74) is 2.96. The molecular formula is C19H22N2O3S. The van der Waals surface area contributed by atoms with Crippen molar-refractivity contribution in [2.75, 3.05) is 31.8 Å². The van der Waals surface area contributed by atoms with Crippen molar-refractivity contribution in [2.45, 2.75) is 12.3 Å². The molecule has 6 heteroatoms. The first-order chi connectivity index (χ1) is 12.1. The fourth-order valence-corrected chi connectivity index (χ4v) is 3.99. The lowest BCUT2D eigenvalue weighted by atomic mass is 10.2. The van der Waals surface area contributed by atoms with Crippen LogP contribution in [-0.2, 0) is 0 Å². The van der Waals surface area contributed by atoms with E-state index in [1.54, 1.807) is 26.0 Å². The highest BCUT2D eigenvalue weighted by Gasteiger charge is 2.31. The average molecular weight is 358 g/mol. The number of amides is 2. The molecule has 1 unspecified atom stereocenters. The van der Waals surface area contributed by atoms with Crippen molar-refractivity contribution in [3.63, 3.8) is 0 Å². The molecule has 1 fully saturated rings. The van der Waals surface area contributed by atoms with Crippen LogP contribution in [0.1, 0.15) is 16.5 Å². The van der Waals surface area contributed by atoms with Crippen molar-refractivity contribution < 1.29 is 14.3 Å². The molecular weight excluding hydrogens is 336 g/mol. The number of ether oxygens (including phenoxy) is 2.